The SMILES string of the molecule is CCCNC(COC(C)(C)C)c1cccc2ccncc12. The molecular formula is C18H26N2O. The number of nitrogens with zero attached hydrogens (tertiary/aromatic N) is 1. The molecule has 0 radical (unpaired) electrons. The number of ether oxygens (including phenoxy) is 1. The molecule has 1 aromatic heterocycles. The van der Waals surface area contributed by atoms with Gasteiger partial charge in [0.1, 0.15) is 0 Å². The van der Waals surface area contributed by atoms with E-state index in [-0.39, 0.29) is 11.6 Å². The van der Waals surface area contributed by atoms with E-state index in [9.17, 15) is 0 Å². The van der Waals surface area contributed by atoms with Crippen molar-refractivity contribution in [3.8, 4) is 0 Å². The molecule has 0 saturated carbocycles. The Balaban J connectivity index is 2.29. The first kappa shape index (κ1) is 15.9. The first-order chi connectivity index (χ1) is 10.0. The van der Waals surface area contributed by atoms with Gasteiger partial charge in [0.05, 0.1) is 18.2 Å². The highest BCUT2D eigenvalue weighted by atomic mass is 16.5. The molecule has 0 bridgehead atoms. The molecule has 2 aromatic rings. The first-order valence-electron chi connectivity index (χ1n) is 7.71. The number of hydrogen-bond acceptors (Lipinski definition) is 3. The van der Waals surface area contributed by atoms with Crippen molar-refractivity contribution in [3.63, 3.8) is 0 Å². The average molecular weight is 286 g/mol. The van der Waals surface area contributed by atoms with Crippen LogP contribution in [0.1, 0.15) is 45.7 Å². The maximum atomic E-state index is 6.01. The zero-order valence-electron chi connectivity index (χ0n) is 13.5. The molecule has 2 rings (SSSR count). The Morgan fingerprint density at radius 1 is 1.24 bits per heavy atom. The van der Waals surface area contributed by atoms with Crippen molar-refractivity contribution >= 4 is 10.8 Å². The highest BCUT2D eigenvalue weighted by Crippen LogP contribution is 2.25. The fourth-order valence-electron chi connectivity index (χ4n) is 2.35. The quantitative estimate of drug-likeness (QED) is 0.868. The third-order valence-electron chi connectivity index (χ3n) is 3.42. The highest BCUT2D eigenvalue weighted by molar-refractivity contribution is 5.85. The summed E-state index contributed by atoms with van der Waals surface area (Å²) in [7, 11) is 0. The third-order valence-corrected chi connectivity index (χ3v) is 3.42. The second-order valence-corrected chi connectivity index (χ2v) is 6.37. The van der Waals surface area contributed by atoms with Crippen molar-refractivity contribution in [3.05, 3.63) is 42.2 Å². The van der Waals surface area contributed by atoms with Crippen LogP contribution in [0.15, 0.2) is 36.7 Å². The monoisotopic (exact) mass is 286 g/mol. The standard InChI is InChI=1S/C18H26N2O/c1-5-10-20-17(13-21-18(2,3)4)15-8-6-7-14-9-11-19-12-16(14)15/h6-9,11-12,17,20H,5,10,13H2,1-4H3. The lowest BCUT2D eigenvalue weighted by Gasteiger charge is -2.26. The predicted octanol–water partition coefficient (Wildman–Crippen LogP) is 4.09. The van der Waals surface area contributed by atoms with Crippen LogP contribution in [0.25, 0.3) is 10.8 Å². The Morgan fingerprint density at radius 3 is 2.76 bits per heavy atom. The molecule has 0 aliphatic heterocycles. The maximum absolute atomic E-state index is 6.01. The number of rotatable bonds is 6. The van der Waals surface area contributed by atoms with Crippen LogP contribution in [0, 0.1) is 0 Å². The maximum Gasteiger partial charge on any atom is 0.0668 e. The molecule has 1 aromatic carbocycles. The van der Waals surface area contributed by atoms with Gasteiger partial charge in [0.2, 0.25) is 0 Å². The Labute approximate surface area is 127 Å². The summed E-state index contributed by atoms with van der Waals surface area (Å²) in [6, 6.07) is 8.65. The van der Waals surface area contributed by atoms with Crippen LogP contribution < -0.4 is 5.32 Å². The van der Waals surface area contributed by atoms with Crippen LogP contribution in [-0.2, 0) is 4.74 Å². The van der Waals surface area contributed by atoms with E-state index >= 15 is 0 Å². The van der Waals surface area contributed by atoms with Crippen LogP contribution in [0.2, 0.25) is 0 Å². The van der Waals surface area contributed by atoms with E-state index in [2.05, 4.69) is 62.3 Å². The molecule has 21 heavy (non-hydrogen) atoms. The second-order valence-electron chi connectivity index (χ2n) is 6.37. The normalized spacial score (nSPS) is 13.5. The van der Waals surface area contributed by atoms with E-state index in [1.165, 1.54) is 16.3 Å². The summed E-state index contributed by atoms with van der Waals surface area (Å²) in [5.41, 5.74) is 1.13. The molecule has 3 heteroatoms. The van der Waals surface area contributed by atoms with Crippen molar-refractivity contribution < 1.29 is 4.74 Å². The van der Waals surface area contributed by atoms with Gasteiger partial charge in [-0.3, -0.25) is 4.98 Å². The second kappa shape index (κ2) is 7.01. The van der Waals surface area contributed by atoms with Gasteiger partial charge in [-0.25, -0.2) is 0 Å². The van der Waals surface area contributed by atoms with E-state index in [1.807, 2.05) is 12.4 Å². The number of benzene rings is 1. The van der Waals surface area contributed by atoms with Gasteiger partial charge in [-0.1, -0.05) is 25.1 Å². The summed E-state index contributed by atoms with van der Waals surface area (Å²) in [6.07, 6.45) is 4.89. The topological polar surface area (TPSA) is 34.1 Å². The summed E-state index contributed by atoms with van der Waals surface area (Å²) in [5, 5.41) is 6.02. The van der Waals surface area contributed by atoms with Gasteiger partial charge in [0.15, 0.2) is 0 Å². The van der Waals surface area contributed by atoms with Gasteiger partial charge in [-0.15, -0.1) is 0 Å². The number of hydrogen-bond donors (Lipinski definition) is 1. The van der Waals surface area contributed by atoms with Gasteiger partial charge in [0, 0.05) is 17.8 Å². The van der Waals surface area contributed by atoms with E-state index in [1.54, 1.807) is 0 Å². The van der Waals surface area contributed by atoms with Crippen molar-refractivity contribution in [2.24, 2.45) is 0 Å². The largest absolute Gasteiger partial charge is 0.374 e. The number of aromatic nitrogens is 1. The van der Waals surface area contributed by atoms with Gasteiger partial charge < -0.3 is 10.1 Å². The predicted molar refractivity (Wildman–Crippen MR) is 88.5 cm³/mol. The van der Waals surface area contributed by atoms with Crippen LogP contribution >= 0.6 is 0 Å². The molecule has 1 atom stereocenters. The molecule has 1 heterocycles. The highest BCUT2D eigenvalue weighted by Gasteiger charge is 2.18. The lowest BCUT2D eigenvalue weighted by Crippen LogP contribution is -2.31. The number of nitrogens with one attached hydrogen (secondary N) is 1. The Kier molecular flexibility index (Phi) is 5.32. The molecular weight excluding hydrogens is 260 g/mol. The van der Waals surface area contributed by atoms with E-state index < -0.39 is 0 Å². The third kappa shape index (κ3) is 4.51. The van der Waals surface area contributed by atoms with Crippen LogP contribution in [0.3, 0.4) is 0 Å². The molecule has 114 valence electrons. The van der Waals surface area contributed by atoms with Crippen LogP contribution in [-0.4, -0.2) is 23.7 Å². The molecule has 0 fully saturated rings. The van der Waals surface area contributed by atoms with Crippen LogP contribution in [0.5, 0.6) is 0 Å². The number of pyridine rings is 1. The Morgan fingerprint density at radius 2 is 2.05 bits per heavy atom. The van der Waals surface area contributed by atoms with Gasteiger partial charge in [-0.05, 0) is 50.8 Å². The van der Waals surface area contributed by atoms with E-state index in [0.29, 0.717) is 6.61 Å². The lowest BCUT2D eigenvalue weighted by molar-refractivity contribution is -0.0146. The molecule has 0 amide bonds. The van der Waals surface area contributed by atoms with Gasteiger partial charge >= 0.3 is 0 Å². The fourth-order valence-corrected chi connectivity index (χ4v) is 2.35. The zero-order valence-corrected chi connectivity index (χ0v) is 13.5. The van der Waals surface area contributed by atoms with Crippen molar-refractivity contribution in [2.45, 2.75) is 45.8 Å². The first-order valence-corrected chi connectivity index (χ1v) is 7.71. The zero-order chi connectivity index (χ0) is 15.3. The van der Waals surface area contributed by atoms with Gasteiger partial charge in [-0.2, -0.15) is 0 Å². The minimum absolute atomic E-state index is 0.130. The molecule has 0 aliphatic rings. The molecule has 0 saturated heterocycles. The summed E-state index contributed by atoms with van der Waals surface area (Å²) in [5.74, 6) is 0. The Bertz CT molecular complexity index is 569. The molecule has 1 N–H and O–H groups in total. The smallest absolute Gasteiger partial charge is 0.0668 e. The van der Waals surface area contributed by atoms with Crippen LogP contribution in [0.4, 0.5) is 0 Å². The van der Waals surface area contributed by atoms with Crippen molar-refractivity contribution in [1.29, 1.82) is 0 Å². The van der Waals surface area contributed by atoms with Crippen molar-refractivity contribution in [2.75, 3.05) is 13.2 Å². The lowest BCUT2D eigenvalue weighted by atomic mass is 10.0. The molecule has 0 spiro atoms. The van der Waals surface area contributed by atoms with E-state index in [0.717, 1.165) is 13.0 Å². The van der Waals surface area contributed by atoms with Gasteiger partial charge in [0.25, 0.3) is 0 Å². The minimum atomic E-state index is -0.130. The molecule has 1 unspecified atom stereocenters. The molecule has 0 aliphatic carbocycles. The fraction of sp³-hybridized carbons (Fsp3) is 0.500. The average Bonchev–Trinajstić information content (AvgIpc) is 2.46. The minimum Gasteiger partial charge on any atom is -0.374 e. The number of fused-ring (bicyclic) bond motifs is 1. The summed E-state index contributed by atoms with van der Waals surface area (Å²) < 4.78 is 6.01. The van der Waals surface area contributed by atoms with E-state index in [4.69, 9.17) is 4.74 Å². The summed E-state index contributed by atoms with van der Waals surface area (Å²) >= 11 is 0. The van der Waals surface area contributed by atoms with Crippen molar-refractivity contribution in [1.82, 2.24) is 10.3 Å². The molecule has 3 nitrogen and oxygen atoms in total. The summed E-state index contributed by atoms with van der Waals surface area (Å²) in [6.45, 7) is 10.1. The Hall–Kier alpha value is -1.45. The summed E-state index contributed by atoms with van der Waals surface area (Å²) in [4.78, 5) is 4.28.